The fourth-order valence-electron chi connectivity index (χ4n) is 2.83. The summed E-state index contributed by atoms with van der Waals surface area (Å²) >= 11 is 2.62. The zero-order valence-electron chi connectivity index (χ0n) is 16.7. The Bertz CT molecular complexity index is 1190. The summed E-state index contributed by atoms with van der Waals surface area (Å²) in [5.41, 5.74) is 1.28. The smallest absolute Gasteiger partial charge is 0.341 e. The van der Waals surface area contributed by atoms with Crippen molar-refractivity contribution in [1.82, 2.24) is 4.98 Å². The summed E-state index contributed by atoms with van der Waals surface area (Å²) in [5.74, 6) is 0.971. The van der Waals surface area contributed by atoms with Gasteiger partial charge in [0.15, 0.2) is 0 Å². The highest BCUT2D eigenvalue weighted by Gasteiger charge is 2.24. The van der Waals surface area contributed by atoms with Crippen molar-refractivity contribution in [2.24, 2.45) is 0 Å². The molecule has 158 valence electrons. The number of carbonyl (C=O) groups excluding carboxylic acids is 2. The molecule has 4 rings (SSSR count). The molecule has 0 radical (unpaired) electrons. The van der Waals surface area contributed by atoms with E-state index in [1.54, 1.807) is 48.8 Å². The number of nitrogens with one attached hydrogen (secondary N) is 1. The van der Waals surface area contributed by atoms with Crippen LogP contribution in [0.15, 0.2) is 57.8 Å². The number of ether oxygens (including phenoxy) is 2. The maximum Gasteiger partial charge on any atom is 0.341 e. The fraction of sp³-hybridized carbons (Fsp3) is 0.136. The fourth-order valence-corrected chi connectivity index (χ4v) is 4.26. The molecule has 0 fully saturated rings. The first-order chi connectivity index (χ1) is 15.0. The minimum Gasteiger partial charge on any atom is -0.462 e. The van der Waals surface area contributed by atoms with Gasteiger partial charge in [0.2, 0.25) is 0 Å². The van der Waals surface area contributed by atoms with E-state index in [4.69, 9.17) is 13.9 Å². The van der Waals surface area contributed by atoms with Crippen molar-refractivity contribution in [2.45, 2.75) is 13.8 Å². The number of furan rings is 1. The third-order valence-corrected chi connectivity index (χ3v) is 5.78. The Morgan fingerprint density at radius 1 is 1.13 bits per heavy atom. The lowest BCUT2D eigenvalue weighted by Gasteiger charge is -2.08. The third kappa shape index (κ3) is 4.68. The second-order valence-electron chi connectivity index (χ2n) is 6.36. The molecule has 3 heterocycles. The van der Waals surface area contributed by atoms with Crippen LogP contribution in [0.3, 0.4) is 0 Å². The van der Waals surface area contributed by atoms with Crippen LogP contribution in [-0.4, -0.2) is 23.5 Å². The van der Waals surface area contributed by atoms with Gasteiger partial charge < -0.3 is 19.2 Å². The second-order valence-corrected chi connectivity index (χ2v) is 8.10. The minimum absolute atomic E-state index is 0.221. The van der Waals surface area contributed by atoms with Crippen molar-refractivity contribution in [3.05, 3.63) is 70.2 Å². The van der Waals surface area contributed by atoms with Crippen LogP contribution in [0.2, 0.25) is 0 Å². The van der Waals surface area contributed by atoms with Gasteiger partial charge in [-0.1, -0.05) is 11.3 Å². The predicted molar refractivity (Wildman–Crippen MR) is 119 cm³/mol. The molecule has 0 aliphatic rings. The van der Waals surface area contributed by atoms with E-state index in [1.807, 2.05) is 18.4 Å². The molecule has 0 aliphatic heterocycles. The molecule has 0 saturated heterocycles. The molecule has 0 saturated carbocycles. The van der Waals surface area contributed by atoms with E-state index in [-0.39, 0.29) is 18.1 Å². The van der Waals surface area contributed by atoms with Gasteiger partial charge in [-0.3, -0.25) is 4.79 Å². The van der Waals surface area contributed by atoms with Crippen LogP contribution in [-0.2, 0) is 4.74 Å². The quantitative estimate of drug-likeness (QED) is 0.345. The zero-order valence-corrected chi connectivity index (χ0v) is 18.3. The first-order valence-corrected chi connectivity index (χ1v) is 11.1. The molecule has 4 aromatic rings. The average Bonchev–Trinajstić information content (AvgIpc) is 3.50. The Balaban J connectivity index is 1.56. The SMILES string of the molecule is CCOC(=O)c1c(-c2ccc(C)o2)csc1NC(=O)c1ccc(Oc2nccs2)cc1. The number of amides is 1. The maximum atomic E-state index is 12.8. The van der Waals surface area contributed by atoms with E-state index in [1.165, 1.54) is 22.7 Å². The number of anilines is 1. The highest BCUT2D eigenvalue weighted by atomic mass is 32.1. The van der Waals surface area contributed by atoms with Gasteiger partial charge in [0.1, 0.15) is 27.8 Å². The first kappa shape index (κ1) is 20.8. The highest BCUT2D eigenvalue weighted by molar-refractivity contribution is 7.15. The standard InChI is InChI=1S/C22H18N2O5S2/c1-3-27-21(26)18-16(17-9-4-13(2)28-17)12-31-20(18)24-19(25)14-5-7-15(8-6-14)29-22-23-10-11-30-22/h4-12H,3H2,1-2H3,(H,24,25). The molecule has 1 aromatic carbocycles. The summed E-state index contributed by atoms with van der Waals surface area (Å²) < 4.78 is 16.5. The summed E-state index contributed by atoms with van der Waals surface area (Å²) in [6.45, 7) is 3.78. The van der Waals surface area contributed by atoms with E-state index in [0.717, 1.165) is 5.76 Å². The number of thiophene rings is 1. The third-order valence-electron chi connectivity index (χ3n) is 4.23. The van der Waals surface area contributed by atoms with Gasteiger partial charge in [-0.25, -0.2) is 9.78 Å². The molecule has 0 unspecified atom stereocenters. The Labute approximate surface area is 186 Å². The van der Waals surface area contributed by atoms with Crippen LogP contribution in [0.25, 0.3) is 11.3 Å². The summed E-state index contributed by atoms with van der Waals surface area (Å²) in [6, 6.07) is 10.3. The van der Waals surface area contributed by atoms with Crippen molar-refractivity contribution in [1.29, 1.82) is 0 Å². The molecular weight excluding hydrogens is 436 g/mol. The lowest BCUT2D eigenvalue weighted by molar-refractivity contribution is 0.0528. The molecule has 31 heavy (non-hydrogen) atoms. The lowest BCUT2D eigenvalue weighted by atomic mass is 10.1. The minimum atomic E-state index is -0.518. The number of thiazole rings is 1. The molecule has 1 N–H and O–H groups in total. The van der Waals surface area contributed by atoms with Gasteiger partial charge in [0, 0.05) is 28.1 Å². The van der Waals surface area contributed by atoms with Crippen molar-refractivity contribution in [2.75, 3.05) is 11.9 Å². The van der Waals surface area contributed by atoms with E-state index < -0.39 is 5.97 Å². The van der Waals surface area contributed by atoms with Crippen molar-refractivity contribution >= 4 is 39.6 Å². The molecule has 1 amide bonds. The number of benzene rings is 1. The normalized spacial score (nSPS) is 10.6. The Kier molecular flexibility index (Phi) is 6.15. The molecule has 7 nitrogen and oxygen atoms in total. The molecule has 9 heteroatoms. The van der Waals surface area contributed by atoms with Crippen LogP contribution in [0, 0.1) is 6.92 Å². The zero-order chi connectivity index (χ0) is 21.8. The van der Waals surface area contributed by atoms with Gasteiger partial charge in [-0.15, -0.1) is 11.3 Å². The van der Waals surface area contributed by atoms with Gasteiger partial charge in [0.25, 0.3) is 11.1 Å². The summed E-state index contributed by atoms with van der Waals surface area (Å²) in [7, 11) is 0. The Morgan fingerprint density at radius 2 is 1.94 bits per heavy atom. The monoisotopic (exact) mass is 454 g/mol. The number of aryl methyl sites for hydroxylation is 1. The van der Waals surface area contributed by atoms with Gasteiger partial charge in [-0.05, 0) is 50.2 Å². The van der Waals surface area contributed by atoms with Gasteiger partial charge in [0.05, 0.1) is 6.61 Å². The molecule has 3 aromatic heterocycles. The lowest BCUT2D eigenvalue weighted by Crippen LogP contribution is -2.14. The second kappa shape index (κ2) is 9.15. The predicted octanol–water partition coefficient (Wildman–Crippen LogP) is 5.99. The van der Waals surface area contributed by atoms with E-state index in [2.05, 4.69) is 10.3 Å². The highest BCUT2D eigenvalue weighted by Crippen LogP contribution is 2.37. The van der Waals surface area contributed by atoms with Crippen molar-refractivity contribution < 1.29 is 23.5 Å². The van der Waals surface area contributed by atoms with Crippen LogP contribution >= 0.6 is 22.7 Å². The number of nitrogens with zero attached hydrogens (tertiary/aromatic N) is 1. The van der Waals surface area contributed by atoms with Crippen LogP contribution in [0.4, 0.5) is 5.00 Å². The molecular formula is C22H18N2O5S2. The van der Waals surface area contributed by atoms with E-state index >= 15 is 0 Å². The molecule has 0 atom stereocenters. The topological polar surface area (TPSA) is 90.7 Å². The largest absolute Gasteiger partial charge is 0.462 e. The van der Waals surface area contributed by atoms with Gasteiger partial charge in [-0.2, -0.15) is 0 Å². The first-order valence-electron chi connectivity index (χ1n) is 9.39. The van der Waals surface area contributed by atoms with Crippen molar-refractivity contribution in [3.63, 3.8) is 0 Å². The average molecular weight is 455 g/mol. The number of carbonyl (C=O) groups is 2. The number of hydrogen-bond donors (Lipinski definition) is 1. The summed E-state index contributed by atoms with van der Waals surface area (Å²) in [5, 5.41) is 7.32. The Morgan fingerprint density at radius 3 is 2.58 bits per heavy atom. The Hall–Kier alpha value is -3.43. The van der Waals surface area contributed by atoms with Crippen LogP contribution < -0.4 is 10.1 Å². The number of aromatic nitrogens is 1. The molecule has 0 bridgehead atoms. The summed E-state index contributed by atoms with van der Waals surface area (Å²) in [6.07, 6.45) is 1.66. The van der Waals surface area contributed by atoms with Crippen LogP contribution in [0.1, 0.15) is 33.4 Å². The number of esters is 1. The summed E-state index contributed by atoms with van der Waals surface area (Å²) in [4.78, 5) is 29.5. The number of hydrogen-bond acceptors (Lipinski definition) is 8. The molecule has 0 spiro atoms. The van der Waals surface area contributed by atoms with Gasteiger partial charge >= 0.3 is 5.97 Å². The van der Waals surface area contributed by atoms with E-state index in [0.29, 0.717) is 32.8 Å². The van der Waals surface area contributed by atoms with Crippen molar-refractivity contribution in [3.8, 4) is 22.3 Å². The van der Waals surface area contributed by atoms with Crippen LogP contribution in [0.5, 0.6) is 10.9 Å². The molecule has 0 aliphatic carbocycles. The number of rotatable bonds is 7. The maximum absolute atomic E-state index is 12.8. The van der Waals surface area contributed by atoms with E-state index in [9.17, 15) is 9.59 Å².